The Morgan fingerprint density at radius 2 is 0.486 bits per heavy atom. The molecule has 6 nitrogen and oxygen atoms in total. The summed E-state index contributed by atoms with van der Waals surface area (Å²) < 4.78 is 16.9. The van der Waals surface area contributed by atoms with Gasteiger partial charge in [-0.1, -0.05) is 280 Å². The number of ether oxygens (including phenoxy) is 3. The standard InChI is InChI=1S/C68H120O6/c1-4-7-10-13-16-19-22-25-28-31-34-37-40-43-46-49-52-55-58-61-67(70)73-64-65(63-72-66(69)60-57-54-51-48-45-42-39-36-33-30-27-24-21-18-15-12-9-6-3)74-68(71)62-59-56-53-50-47-44-41-38-35-32-29-26-23-20-17-14-11-8-5-2/h16-17,19-20,25-26,28-29,34-35,37-38,65H,4-15,18,21-24,27,30-33,36,39-64H2,1-3H3/b19-16-,20-17-,28-25-,29-26-,37-34-,38-35-. The van der Waals surface area contributed by atoms with Crippen molar-refractivity contribution >= 4 is 17.9 Å². The van der Waals surface area contributed by atoms with E-state index in [1.807, 2.05) is 0 Å². The van der Waals surface area contributed by atoms with Gasteiger partial charge in [0.15, 0.2) is 6.10 Å². The molecule has 0 saturated carbocycles. The van der Waals surface area contributed by atoms with E-state index in [1.165, 1.54) is 180 Å². The second-order valence-corrected chi connectivity index (χ2v) is 21.3. The minimum absolute atomic E-state index is 0.0824. The summed E-state index contributed by atoms with van der Waals surface area (Å²) >= 11 is 0. The maximum Gasteiger partial charge on any atom is 0.306 e. The summed E-state index contributed by atoms with van der Waals surface area (Å²) in [5, 5.41) is 0. The number of carbonyl (C=O) groups is 3. The first-order chi connectivity index (χ1) is 36.5. The predicted octanol–water partition coefficient (Wildman–Crippen LogP) is 21.7. The van der Waals surface area contributed by atoms with E-state index in [1.54, 1.807) is 0 Å². The van der Waals surface area contributed by atoms with E-state index in [0.717, 1.165) is 103 Å². The fourth-order valence-corrected chi connectivity index (χ4v) is 9.11. The van der Waals surface area contributed by atoms with Gasteiger partial charge in [0.1, 0.15) is 13.2 Å². The molecule has 0 N–H and O–H groups in total. The van der Waals surface area contributed by atoms with Crippen LogP contribution in [0, 0.1) is 0 Å². The van der Waals surface area contributed by atoms with Gasteiger partial charge in [-0.15, -0.1) is 0 Å². The van der Waals surface area contributed by atoms with Gasteiger partial charge in [-0.05, 0) is 96.3 Å². The second kappa shape index (κ2) is 62.4. The average Bonchev–Trinajstić information content (AvgIpc) is 3.40. The van der Waals surface area contributed by atoms with Crippen LogP contribution in [0.5, 0.6) is 0 Å². The van der Waals surface area contributed by atoms with Crippen molar-refractivity contribution < 1.29 is 28.6 Å². The Hall–Kier alpha value is -3.15. The summed E-state index contributed by atoms with van der Waals surface area (Å²) in [6.07, 6.45) is 80.3. The van der Waals surface area contributed by atoms with E-state index in [-0.39, 0.29) is 31.1 Å². The third-order valence-electron chi connectivity index (χ3n) is 13.9. The quantitative estimate of drug-likeness (QED) is 0.0261. The molecule has 0 fully saturated rings. The normalized spacial score (nSPS) is 12.5. The van der Waals surface area contributed by atoms with Crippen LogP contribution in [-0.4, -0.2) is 37.2 Å². The van der Waals surface area contributed by atoms with Gasteiger partial charge in [0.2, 0.25) is 0 Å². The van der Waals surface area contributed by atoms with Crippen molar-refractivity contribution in [2.45, 2.75) is 329 Å². The molecular formula is C68H120O6. The highest BCUT2D eigenvalue weighted by molar-refractivity contribution is 5.71. The highest BCUT2D eigenvalue weighted by Crippen LogP contribution is 2.17. The Labute approximate surface area is 459 Å². The van der Waals surface area contributed by atoms with Gasteiger partial charge in [-0.3, -0.25) is 14.4 Å². The zero-order chi connectivity index (χ0) is 53.6. The minimum Gasteiger partial charge on any atom is -0.462 e. The molecule has 0 aliphatic rings. The molecular weight excluding hydrogens is 913 g/mol. The molecule has 1 atom stereocenters. The predicted molar refractivity (Wildman–Crippen MR) is 321 cm³/mol. The third-order valence-corrected chi connectivity index (χ3v) is 13.9. The molecule has 428 valence electrons. The molecule has 6 heteroatoms. The van der Waals surface area contributed by atoms with E-state index < -0.39 is 6.10 Å². The van der Waals surface area contributed by atoms with Crippen LogP contribution in [0.25, 0.3) is 0 Å². The Bertz CT molecular complexity index is 1370. The second-order valence-electron chi connectivity index (χ2n) is 21.3. The Morgan fingerprint density at radius 3 is 0.784 bits per heavy atom. The maximum absolute atomic E-state index is 12.9. The number of allylic oxidation sites excluding steroid dienone is 12. The van der Waals surface area contributed by atoms with Crippen molar-refractivity contribution in [1.29, 1.82) is 0 Å². The number of carbonyl (C=O) groups excluding carboxylic acids is 3. The van der Waals surface area contributed by atoms with Gasteiger partial charge in [0.25, 0.3) is 0 Å². The molecule has 0 aromatic carbocycles. The number of hydrogen-bond donors (Lipinski definition) is 0. The number of unbranched alkanes of at least 4 members (excludes halogenated alkanes) is 35. The molecule has 0 aromatic rings. The lowest BCUT2D eigenvalue weighted by molar-refractivity contribution is -0.167. The van der Waals surface area contributed by atoms with Gasteiger partial charge >= 0.3 is 17.9 Å². The van der Waals surface area contributed by atoms with E-state index in [2.05, 4.69) is 93.7 Å². The van der Waals surface area contributed by atoms with Crippen molar-refractivity contribution in [3.05, 3.63) is 72.9 Å². The summed E-state index contributed by atoms with van der Waals surface area (Å²) in [5.41, 5.74) is 0. The van der Waals surface area contributed by atoms with Crippen LogP contribution in [0.15, 0.2) is 72.9 Å². The topological polar surface area (TPSA) is 78.9 Å². The van der Waals surface area contributed by atoms with Crippen LogP contribution < -0.4 is 0 Å². The van der Waals surface area contributed by atoms with E-state index in [9.17, 15) is 14.4 Å². The highest BCUT2D eigenvalue weighted by Gasteiger charge is 2.19. The first-order valence-electron chi connectivity index (χ1n) is 31.9. The third kappa shape index (κ3) is 59.7. The fraction of sp³-hybridized carbons (Fsp3) is 0.779. The van der Waals surface area contributed by atoms with Crippen LogP contribution in [0.2, 0.25) is 0 Å². The van der Waals surface area contributed by atoms with Crippen molar-refractivity contribution in [1.82, 2.24) is 0 Å². The molecule has 0 amide bonds. The van der Waals surface area contributed by atoms with Gasteiger partial charge in [-0.25, -0.2) is 0 Å². The highest BCUT2D eigenvalue weighted by atomic mass is 16.6. The lowest BCUT2D eigenvalue weighted by atomic mass is 10.0. The summed E-state index contributed by atoms with van der Waals surface area (Å²) in [5.74, 6) is -0.892. The zero-order valence-corrected chi connectivity index (χ0v) is 49.1. The monoisotopic (exact) mass is 1030 g/mol. The minimum atomic E-state index is -0.788. The van der Waals surface area contributed by atoms with Gasteiger partial charge in [-0.2, -0.15) is 0 Å². The van der Waals surface area contributed by atoms with E-state index in [4.69, 9.17) is 14.2 Å². The van der Waals surface area contributed by atoms with E-state index in [0.29, 0.717) is 19.3 Å². The van der Waals surface area contributed by atoms with Crippen LogP contribution in [0.3, 0.4) is 0 Å². The van der Waals surface area contributed by atoms with Gasteiger partial charge in [0.05, 0.1) is 0 Å². The number of rotatable bonds is 58. The van der Waals surface area contributed by atoms with Crippen molar-refractivity contribution in [3.63, 3.8) is 0 Å². The molecule has 0 spiro atoms. The maximum atomic E-state index is 12.9. The summed E-state index contributed by atoms with van der Waals surface area (Å²) in [4.78, 5) is 38.3. The molecule has 0 aliphatic carbocycles. The Balaban J connectivity index is 4.41. The molecule has 0 heterocycles. The Morgan fingerprint density at radius 1 is 0.270 bits per heavy atom. The number of hydrogen-bond acceptors (Lipinski definition) is 6. The largest absolute Gasteiger partial charge is 0.462 e. The van der Waals surface area contributed by atoms with Crippen LogP contribution >= 0.6 is 0 Å². The SMILES string of the molecule is CCCCC/C=C\C/C=C\C/C=C\CCCCCCCCC(=O)OCC(COC(=O)CCCCCCCCCCCCCCCCCCCC)OC(=O)CCCCCCCC/C=C\C/C=C\C/C=C\CCCCC. The molecule has 0 rings (SSSR count). The molecule has 1 unspecified atom stereocenters. The number of esters is 3. The van der Waals surface area contributed by atoms with Gasteiger partial charge < -0.3 is 14.2 Å². The van der Waals surface area contributed by atoms with Crippen molar-refractivity contribution in [3.8, 4) is 0 Å². The fourth-order valence-electron chi connectivity index (χ4n) is 9.11. The molecule has 0 bridgehead atoms. The van der Waals surface area contributed by atoms with Gasteiger partial charge in [0, 0.05) is 19.3 Å². The summed E-state index contributed by atoms with van der Waals surface area (Å²) in [6.45, 7) is 6.61. The molecule has 0 radical (unpaired) electrons. The van der Waals surface area contributed by atoms with Crippen LogP contribution in [0.1, 0.15) is 323 Å². The molecule has 74 heavy (non-hydrogen) atoms. The zero-order valence-electron chi connectivity index (χ0n) is 49.1. The molecule has 0 aliphatic heterocycles. The lowest BCUT2D eigenvalue weighted by Gasteiger charge is -2.18. The first-order valence-corrected chi connectivity index (χ1v) is 31.9. The van der Waals surface area contributed by atoms with Crippen LogP contribution in [0.4, 0.5) is 0 Å². The lowest BCUT2D eigenvalue weighted by Crippen LogP contribution is -2.30. The molecule has 0 saturated heterocycles. The average molecular weight is 1030 g/mol. The smallest absolute Gasteiger partial charge is 0.306 e. The Kier molecular flexibility index (Phi) is 59.7. The van der Waals surface area contributed by atoms with Crippen molar-refractivity contribution in [2.75, 3.05) is 13.2 Å². The summed E-state index contributed by atoms with van der Waals surface area (Å²) in [7, 11) is 0. The van der Waals surface area contributed by atoms with Crippen molar-refractivity contribution in [2.24, 2.45) is 0 Å². The summed E-state index contributed by atoms with van der Waals surface area (Å²) in [6, 6.07) is 0. The van der Waals surface area contributed by atoms with E-state index >= 15 is 0 Å². The van der Waals surface area contributed by atoms with Crippen LogP contribution in [-0.2, 0) is 28.6 Å². The molecule has 0 aromatic heterocycles. The first kappa shape index (κ1) is 70.8.